The molecule has 0 aliphatic heterocycles. The molecule has 0 unspecified atom stereocenters. The number of nitrogens with zero attached hydrogens (tertiary/aromatic N) is 2. The van der Waals surface area contributed by atoms with Crippen LogP contribution < -0.4 is 0 Å². The van der Waals surface area contributed by atoms with Gasteiger partial charge in [0.15, 0.2) is 14.9 Å². The Labute approximate surface area is 89.4 Å². The summed E-state index contributed by atoms with van der Waals surface area (Å²) in [5, 5.41) is -0.0110. The van der Waals surface area contributed by atoms with Gasteiger partial charge in [-0.05, 0) is 15.9 Å². The number of aromatic nitrogens is 2. The normalized spacial score (nSPS) is 11.5. The van der Waals surface area contributed by atoms with Gasteiger partial charge >= 0.3 is 0 Å². The van der Waals surface area contributed by atoms with Crippen LogP contribution in [-0.2, 0) is 9.84 Å². The van der Waals surface area contributed by atoms with E-state index in [4.69, 9.17) is 11.6 Å². The Morgan fingerprint density at radius 1 is 1.54 bits per heavy atom. The molecule has 0 atom stereocenters. The fraction of sp³-hybridized carbons (Fsp3) is 0.333. The Morgan fingerprint density at radius 3 is 2.77 bits per heavy atom. The summed E-state index contributed by atoms with van der Waals surface area (Å²) in [6, 6.07) is 0. The van der Waals surface area contributed by atoms with Crippen LogP contribution in [0.25, 0.3) is 0 Å². The molecule has 0 spiro atoms. The van der Waals surface area contributed by atoms with Gasteiger partial charge in [0.05, 0.1) is 10.2 Å². The summed E-state index contributed by atoms with van der Waals surface area (Å²) in [6.45, 7) is 0. The molecule has 0 fully saturated rings. The van der Waals surface area contributed by atoms with Crippen molar-refractivity contribution >= 4 is 37.4 Å². The van der Waals surface area contributed by atoms with E-state index in [-0.39, 0.29) is 16.7 Å². The average Bonchev–Trinajstić information content (AvgIpc) is 2.04. The average molecular weight is 286 g/mol. The Kier molecular flexibility index (Phi) is 3.63. The van der Waals surface area contributed by atoms with E-state index in [1.54, 1.807) is 0 Å². The summed E-state index contributed by atoms with van der Waals surface area (Å²) in [4.78, 5) is 7.33. The molecular weight excluding hydrogens is 280 g/mol. The van der Waals surface area contributed by atoms with E-state index >= 15 is 0 Å². The third kappa shape index (κ3) is 2.62. The van der Waals surface area contributed by atoms with Crippen LogP contribution in [0.5, 0.6) is 0 Å². The van der Waals surface area contributed by atoms with Crippen LogP contribution in [0.2, 0.25) is 0 Å². The molecule has 1 rings (SSSR count). The minimum absolute atomic E-state index is 0.0110. The highest BCUT2D eigenvalue weighted by molar-refractivity contribution is 9.10. The van der Waals surface area contributed by atoms with Crippen LogP contribution >= 0.6 is 27.5 Å². The van der Waals surface area contributed by atoms with E-state index in [0.29, 0.717) is 4.47 Å². The first-order valence-electron chi connectivity index (χ1n) is 3.32. The maximum Gasteiger partial charge on any atom is 0.198 e. The van der Waals surface area contributed by atoms with Crippen molar-refractivity contribution in [1.82, 2.24) is 9.97 Å². The van der Waals surface area contributed by atoms with Crippen LogP contribution in [0.15, 0.2) is 22.0 Å². The molecule has 7 heteroatoms. The standard InChI is InChI=1S/C6H6BrClN2O2S/c7-5-3-9-4-10-6(5)13(11,12)2-1-8/h3-4H,1-2H2. The summed E-state index contributed by atoms with van der Waals surface area (Å²) in [7, 11) is -3.37. The van der Waals surface area contributed by atoms with E-state index in [1.165, 1.54) is 12.5 Å². The lowest BCUT2D eigenvalue weighted by Gasteiger charge is -2.01. The van der Waals surface area contributed by atoms with Crippen LogP contribution in [0.1, 0.15) is 0 Å². The van der Waals surface area contributed by atoms with E-state index in [0.717, 1.165) is 0 Å². The van der Waals surface area contributed by atoms with Crippen molar-refractivity contribution in [3.05, 3.63) is 17.0 Å². The molecule has 0 aromatic carbocycles. The quantitative estimate of drug-likeness (QED) is 0.619. The first-order chi connectivity index (χ1) is 6.08. The molecule has 0 saturated carbocycles. The summed E-state index contributed by atoms with van der Waals surface area (Å²) in [5.41, 5.74) is 0. The van der Waals surface area contributed by atoms with Gasteiger partial charge in [-0.25, -0.2) is 18.4 Å². The molecule has 4 nitrogen and oxygen atoms in total. The van der Waals surface area contributed by atoms with Gasteiger partial charge < -0.3 is 0 Å². The van der Waals surface area contributed by atoms with Crippen molar-refractivity contribution in [2.24, 2.45) is 0 Å². The number of halogens is 2. The fourth-order valence-corrected chi connectivity index (χ4v) is 3.25. The van der Waals surface area contributed by atoms with Gasteiger partial charge in [-0.15, -0.1) is 11.6 Å². The van der Waals surface area contributed by atoms with Gasteiger partial charge in [0.25, 0.3) is 0 Å². The van der Waals surface area contributed by atoms with Crippen LogP contribution in [0.4, 0.5) is 0 Å². The molecule has 72 valence electrons. The maximum absolute atomic E-state index is 11.4. The zero-order chi connectivity index (χ0) is 9.90. The van der Waals surface area contributed by atoms with Crippen LogP contribution in [0.3, 0.4) is 0 Å². The van der Waals surface area contributed by atoms with Gasteiger partial charge in [-0.1, -0.05) is 0 Å². The molecule has 0 amide bonds. The largest absolute Gasteiger partial charge is 0.244 e. The van der Waals surface area contributed by atoms with E-state index in [2.05, 4.69) is 25.9 Å². The summed E-state index contributed by atoms with van der Waals surface area (Å²) >= 11 is 8.41. The zero-order valence-electron chi connectivity index (χ0n) is 6.44. The Morgan fingerprint density at radius 2 is 2.23 bits per heavy atom. The topological polar surface area (TPSA) is 59.9 Å². The van der Waals surface area contributed by atoms with E-state index in [1.807, 2.05) is 0 Å². The predicted octanol–water partition coefficient (Wildman–Crippen LogP) is 1.25. The number of rotatable bonds is 3. The SMILES string of the molecule is O=S(=O)(CCCl)c1ncncc1Br. The Hall–Kier alpha value is -0.200. The van der Waals surface area contributed by atoms with Crippen molar-refractivity contribution in [2.45, 2.75) is 5.03 Å². The molecule has 1 heterocycles. The van der Waals surface area contributed by atoms with Crippen molar-refractivity contribution in [2.75, 3.05) is 11.6 Å². The van der Waals surface area contributed by atoms with Gasteiger partial charge in [-0.2, -0.15) is 0 Å². The smallest absolute Gasteiger partial charge is 0.198 e. The van der Waals surface area contributed by atoms with Crippen LogP contribution in [0, 0.1) is 0 Å². The fourth-order valence-electron chi connectivity index (χ4n) is 0.729. The lowest BCUT2D eigenvalue weighted by molar-refractivity contribution is 0.592. The molecule has 0 saturated heterocycles. The number of alkyl halides is 1. The molecule has 0 aliphatic rings. The molecule has 0 bridgehead atoms. The molecule has 13 heavy (non-hydrogen) atoms. The highest BCUT2D eigenvalue weighted by atomic mass is 79.9. The van der Waals surface area contributed by atoms with Gasteiger partial charge in [0, 0.05) is 12.1 Å². The second kappa shape index (κ2) is 4.34. The Balaban J connectivity index is 3.15. The Bertz CT molecular complexity index is 395. The van der Waals surface area contributed by atoms with Gasteiger partial charge in [0.2, 0.25) is 0 Å². The summed E-state index contributed by atoms with van der Waals surface area (Å²) < 4.78 is 23.3. The number of hydrogen-bond donors (Lipinski definition) is 0. The maximum atomic E-state index is 11.4. The van der Waals surface area contributed by atoms with E-state index < -0.39 is 9.84 Å². The zero-order valence-corrected chi connectivity index (χ0v) is 9.60. The lowest BCUT2D eigenvalue weighted by atomic mass is 10.7. The highest BCUT2D eigenvalue weighted by Crippen LogP contribution is 2.18. The summed E-state index contributed by atoms with van der Waals surface area (Å²) in [5.74, 6) is -0.0665. The molecule has 1 aromatic heterocycles. The minimum atomic E-state index is -3.37. The monoisotopic (exact) mass is 284 g/mol. The van der Waals surface area contributed by atoms with Gasteiger partial charge in [0.1, 0.15) is 6.33 Å². The molecule has 0 aliphatic carbocycles. The van der Waals surface area contributed by atoms with Gasteiger partial charge in [-0.3, -0.25) is 0 Å². The summed E-state index contributed by atoms with van der Waals surface area (Å²) in [6.07, 6.45) is 2.57. The second-order valence-electron chi connectivity index (χ2n) is 2.18. The van der Waals surface area contributed by atoms with Crippen molar-refractivity contribution in [1.29, 1.82) is 0 Å². The van der Waals surface area contributed by atoms with Crippen molar-refractivity contribution in [3.63, 3.8) is 0 Å². The lowest BCUT2D eigenvalue weighted by Crippen LogP contribution is -2.10. The number of sulfone groups is 1. The minimum Gasteiger partial charge on any atom is -0.244 e. The highest BCUT2D eigenvalue weighted by Gasteiger charge is 2.18. The second-order valence-corrected chi connectivity index (χ2v) is 5.44. The first kappa shape index (κ1) is 10.9. The third-order valence-electron chi connectivity index (χ3n) is 1.27. The van der Waals surface area contributed by atoms with E-state index in [9.17, 15) is 8.42 Å². The first-order valence-corrected chi connectivity index (χ1v) is 6.30. The molecule has 0 radical (unpaired) electrons. The predicted molar refractivity (Wildman–Crippen MR) is 52.5 cm³/mol. The molecule has 0 N–H and O–H groups in total. The molecule has 1 aromatic rings. The van der Waals surface area contributed by atoms with Crippen molar-refractivity contribution < 1.29 is 8.42 Å². The molecular formula is C6H6BrClN2O2S. The third-order valence-corrected chi connectivity index (χ3v) is 4.19. The number of hydrogen-bond acceptors (Lipinski definition) is 4. The van der Waals surface area contributed by atoms with Crippen molar-refractivity contribution in [3.8, 4) is 0 Å². The van der Waals surface area contributed by atoms with Crippen LogP contribution in [-0.4, -0.2) is 30.0 Å².